The first kappa shape index (κ1) is 12.1. The third-order valence-corrected chi connectivity index (χ3v) is 3.08. The molecule has 1 saturated heterocycles. The van der Waals surface area contributed by atoms with Crippen molar-refractivity contribution in [2.75, 3.05) is 18.0 Å². The van der Waals surface area contributed by atoms with E-state index < -0.39 is 0 Å². The largest absolute Gasteiger partial charge is 0.308 e. The molecule has 1 aromatic rings. The van der Waals surface area contributed by atoms with Crippen molar-refractivity contribution in [2.45, 2.75) is 32.2 Å². The number of aromatic nitrogens is 2. The van der Waals surface area contributed by atoms with E-state index in [4.69, 9.17) is 0 Å². The molecule has 17 heavy (non-hydrogen) atoms. The molecule has 1 aromatic heterocycles. The molecule has 94 valence electrons. The first-order valence-corrected chi connectivity index (χ1v) is 6.25. The van der Waals surface area contributed by atoms with Crippen LogP contribution in [-0.4, -0.2) is 34.8 Å². The van der Waals surface area contributed by atoms with Crippen molar-refractivity contribution in [1.29, 1.82) is 0 Å². The average Bonchev–Trinajstić information content (AvgIpc) is 2.74. The number of hydrogen-bond donors (Lipinski definition) is 1. The summed E-state index contributed by atoms with van der Waals surface area (Å²) in [7, 11) is 1.87. The van der Waals surface area contributed by atoms with E-state index in [0.717, 1.165) is 38.0 Å². The lowest BCUT2D eigenvalue weighted by atomic mass is 10.0. The van der Waals surface area contributed by atoms with Crippen LogP contribution in [0.3, 0.4) is 0 Å². The number of rotatable bonds is 4. The smallest absolute Gasteiger partial charge is 0.244 e. The Morgan fingerprint density at radius 3 is 3.06 bits per heavy atom. The molecule has 5 heteroatoms. The number of anilines is 1. The van der Waals surface area contributed by atoms with Crippen molar-refractivity contribution in [2.24, 2.45) is 7.05 Å². The van der Waals surface area contributed by atoms with Crippen molar-refractivity contribution in [1.82, 2.24) is 15.1 Å². The Kier molecular flexibility index (Phi) is 3.78. The lowest BCUT2D eigenvalue weighted by molar-refractivity contribution is -0.121. The van der Waals surface area contributed by atoms with Gasteiger partial charge in [-0.2, -0.15) is 5.10 Å². The zero-order chi connectivity index (χ0) is 12.3. The first-order valence-electron chi connectivity index (χ1n) is 6.25. The number of aryl methyl sites for hydroxylation is 1. The summed E-state index contributed by atoms with van der Waals surface area (Å²) < 4.78 is 1.73. The topological polar surface area (TPSA) is 50.2 Å². The van der Waals surface area contributed by atoms with Crippen LogP contribution in [0.15, 0.2) is 12.4 Å². The summed E-state index contributed by atoms with van der Waals surface area (Å²) in [6.07, 6.45) is 6.68. The number of hydrogen-bond acceptors (Lipinski definition) is 3. The molecular weight excluding hydrogens is 216 g/mol. The van der Waals surface area contributed by atoms with Gasteiger partial charge in [-0.3, -0.25) is 9.48 Å². The molecule has 1 aliphatic heterocycles. The van der Waals surface area contributed by atoms with Crippen LogP contribution in [0.5, 0.6) is 0 Å². The van der Waals surface area contributed by atoms with Gasteiger partial charge < -0.3 is 10.2 Å². The number of nitrogens with zero attached hydrogens (tertiary/aromatic N) is 3. The maximum Gasteiger partial charge on any atom is 0.244 e. The van der Waals surface area contributed by atoms with E-state index in [9.17, 15) is 4.79 Å². The molecular formula is C12H20N4O. The lowest BCUT2D eigenvalue weighted by Crippen LogP contribution is -2.51. The Hall–Kier alpha value is -1.36. The van der Waals surface area contributed by atoms with Crippen molar-refractivity contribution >= 4 is 11.6 Å². The van der Waals surface area contributed by atoms with Crippen LogP contribution in [0.4, 0.5) is 5.69 Å². The molecule has 1 fully saturated rings. The van der Waals surface area contributed by atoms with Gasteiger partial charge in [-0.25, -0.2) is 0 Å². The molecule has 2 rings (SSSR count). The van der Waals surface area contributed by atoms with E-state index in [2.05, 4.69) is 17.3 Å². The van der Waals surface area contributed by atoms with Crippen molar-refractivity contribution in [3.05, 3.63) is 12.4 Å². The minimum atomic E-state index is -0.0242. The molecule has 2 heterocycles. The van der Waals surface area contributed by atoms with Gasteiger partial charge >= 0.3 is 0 Å². The number of nitrogens with one attached hydrogen (secondary N) is 1. The summed E-state index contributed by atoms with van der Waals surface area (Å²) >= 11 is 0. The predicted molar refractivity (Wildman–Crippen MR) is 66.9 cm³/mol. The third-order valence-electron chi connectivity index (χ3n) is 3.08. The fourth-order valence-corrected chi connectivity index (χ4v) is 2.19. The summed E-state index contributed by atoms with van der Waals surface area (Å²) in [6, 6.07) is -0.0242. The molecule has 0 bridgehead atoms. The maximum atomic E-state index is 12.3. The second kappa shape index (κ2) is 5.31. The van der Waals surface area contributed by atoms with Crippen molar-refractivity contribution in [3.8, 4) is 0 Å². The molecule has 0 aliphatic carbocycles. The highest BCUT2D eigenvalue weighted by molar-refractivity contribution is 5.97. The molecule has 0 spiro atoms. The Morgan fingerprint density at radius 2 is 2.41 bits per heavy atom. The molecule has 0 aromatic carbocycles. The summed E-state index contributed by atoms with van der Waals surface area (Å²) in [5.74, 6) is 0.178. The third kappa shape index (κ3) is 2.66. The van der Waals surface area contributed by atoms with Gasteiger partial charge in [0.05, 0.1) is 17.9 Å². The van der Waals surface area contributed by atoms with E-state index in [0.29, 0.717) is 0 Å². The van der Waals surface area contributed by atoms with E-state index in [1.54, 1.807) is 10.9 Å². The summed E-state index contributed by atoms with van der Waals surface area (Å²) in [5, 5.41) is 7.42. The van der Waals surface area contributed by atoms with Crippen LogP contribution in [0.2, 0.25) is 0 Å². The standard InChI is InChI=1S/C12H20N4O/c1-3-6-13-11-5-4-7-16(12(11)17)10-8-14-15(2)9-10/h8-9,11,13H,3-7H2,1-2H3. The number of piperidine rings is 1. The lowest BCUT2D eigenvalue weighted by Gasteiger charge is -2.31. The highest BCUT2D eigenvalue weighted by Gasteiger charge is 2.29. The van der Waals surface area contributed by atoms with Crippen LogP contribution in [0.25, 0.3) is 0 Å². The molecule has 0 radical (unpaired) electrons. The Morgan fingerprint density at radius 1 is 1.59 bits per heavy atom. The van der Waals surface area contributed by atoms with Crippen molar-refractivity contribution in [3.63, 3.8) is 0 Å². The number of carbonyl (C=O) groups excluding carboxylic acids is 1. The summed E-state index contributed by atoms with van der Waals surface area (Å²) in [4.78, 5) is 14.1. The normalized spacial score (nSPS) is 20.9. The molecule has 1 aliphatic rings. The highest BCUT2D eigenvalue weighted by atomic mass is 16.2. The van der Waals surface area contributed by atoms with Gasteiger partial charge in [-0.1, -0.05) is 6.92 Å². The van der Waals surface area contributed by atoms with Gasteiger partial charge in [-0.05, 0) is 25.8 Å². The van der Waals surface area contributed by atoms with Gasteiger partial charge in [0.25, 0.3) is 0 Å². The van der Waals surface area contributed by atoms with E-state index >= 15 is 0 Å². The van der Waals surface area contributed by atoms with Crippen LogP contribution >= 0.6 is 0 Å². The Labute approximate surface area is 102 Å². The fraction of sp³-hybridized carbons (Fsp3) is 0.667. The minimum Gasteiger partial charge on any atom is -0.308 e. The first-order chi connectivity index (χ1) is 8.22. The molecule has 1 atom stereocenters. The molecule has 5 nitrogen and oxygen atoms in total. The molecule has 1 unspecified atom stereocenters. The van der Waals surface area contributed by atoms with Crippen LogP contribution in [0.1, 0.15) is 26.2 Å². The van der Waals surface area contributed by atoms with E-state index in [1.807, 2.05) is 18.1 Å². The monoisotopic (exact) mass is 236 g/mol. The van der Waals surface area contributed by atoms with Crippen LogP contribution in [-0.2, 0) is 11.8 Å². The quantitative estimate of drug-likeness (QED) is 0.845. The summed E-state index contributed by atoms with van der Waals surface area (Å²) in [6.45, 7) is 3.81. The number of amides is 1. The molecule has 1 amide bonds. The maximum absolute atomic E-state index is 12.3. The molecule has 0 saturated carbocycles. The zero-order valence-electron chi connectivity index (χ0n) is 10.5. The zero-order valence-corrected chi connectivity index (χ0v) is 10.5. The minimum absolute atomic E-state index is 0.0242. The van der Waals surface area contributed by atoms with Gasteiger partial charge in [0.1, 0.15) is 0 Å². The van der Waals surface area contributed by atoms with Crippen LogP contribution in [0, 0.1) is 0 Å². The van der Waals surface area contributed by atoms with Gasteiger partial charge in [0.15, 0.2) is 0 Å². The van der Waals surface area contributed by atoms with Gasteiger partial charge in [0, 0.05) is 19.8 Å². The van der Waals surface area contributed by atoms with E-state index in [1.165, 1.54) is 0 Å². The highest BCUT2D eigenvalue weighted by Crippen LogP contribution is 2.20. The van der Waals surface area contributed by atoms with Crippen molar-refractivity contribution < 1.29 is 4.79 Å². The second-order valence-electron chi connectivity index (χ2n) is 4.51. The Bertz CT molecular complexity index is 388. The summed E-state index contributed by atoms with van der Waals surface area (Å²) in [5.41, 5.74) is 0.903. The molecule has 1 N–H and O–H groups in total. The second-order valence-corrected chi connectivity index (χ2v) is 4.51. The van der Waals surface area contributed by atoms with Crippen LogP contribution < -0.4 is 10.2 Å². The Balaban J connectivity index is 2.05. The van der Waals surface area contributed by atoms with Gasteiger partial charge in [-0.15, -0.1) is 0 Å². The SMILES string of the molecule is CCCNC1CCCN(c2cnn(C)c2)C1=O. The predicted octanol–water partition coefficient (Wildman–Crippen LogP) is 0.915. The van der Waals surface area contributed by atoms with E-state index in [-0.39, 0.29) is 11.9 Å². The fourth-order valence-electron chi connectivity index (χ4n) is 2.19. The van der Waals surface area contributed by atoms with Gasteiger partial charge in [0.2, 0.25) is 5.91 Å². The average molecular weight is 236 g/mol. The number of carbonyl (C=O) groups is 1.